The molecule has 0 aromatic heterocycles. The van der Waals surface area contributed by atoms with E-state index >= 15 is 0 Å². The van der Waals surface area contributed by atoms with Crippen LogP contribution >= 0.6 is 0 Å². The third-order valence-corrected chi connectivity index (χ3v) is 4.70. The number of carbonyl (C=O) groups excluding carboxylic acids is 1. The van der Waals surface area contributed by atoms with Crippen LogP contribution in [-0.4, -0.2) is 38.3 Å². The fourth-order valence-electron chi connectivity index (χ4n) is 3.11. The lowest BCUT2D eigenvalue weighted by molar-refractivity contribution is -0.140. The predicted octanol–water partition coefficient (Wildman–Crippen LogP) is 3.58. The third-order valence-electron chi connectivity index (χ3n) is 4.70. The van der Waals surface area contributed by atoms with Gasteiger partial charge in [0, 0.05) is 12.8 Å². The quantitative estimate of drug-likeness (QED) is 0.780. The summed E-state index contributed by atoms with van der Waals surface area (Å²) in [5.74, 6) is 2.13. The van der Waals surface area contributed by atoms with Crippen molar-refractivity contribution in [3.05, 3.63) is 48.5 Å². The molecule has 1 saturated heterocycles. The van der Waals surface area contributed by atoms with Crippen LogP contribution in [0.2, 0.25) is 0 Å². The van der Waals surface area contributed by atoms with Gasteiger partial charge in [-0.25, -0.2) is 0 Å². The highest BCUT2D eigenvalue weighted by atomic mass is 16.5. The van der Waals surface area contributed by atoms with Gasteiger partial charge in [0.25, 0.3) is 5.91 Å². The molecule has 0 atom stereocenters. The summed E-state index contributed by atoms with van der Waals surface area (Å²) in [6.45, 7) is 4.13. The molecule has 0 saturated carbocycles. The molecule has 144 valence electrons. The Hall–Kier alpha value is -2.57. The van der Waals surface area contributed by atoms with Crippen LogP contribution in [0, 0.1) is 0 Å². The molecular weight excluding hydrogens is 344 g/mol. The van der Waals surface area contributed by atoms with Crippen molar-refractivity contribution in [3.8, 4) is 17.2 Å². The molecule has 0 unspecified atom stereocenters. The third kappa shape index (κ3) is 4.78. The van der Waals surface area contributed by atoms with Crippen LogP contribution in [0.5, 0.6) is 17.2 Å². The van der Waals surface area contributed by atoms with Crippen LogP contribution in [0.1, 0.15) is 19.8 Å². The van der Waals surface area contributed by atoms with Gasteiger partial charge in [0.15, 0.2) is 0 Å². The number of amides is 1. The summed E-state index contributed by atoms with van der Waals surface area (Å²) >= 11 is 0. The molecular formula is C21H26N2O4. The van der Waals surface area contributed by atoms with Crippen molar-refractivity contribution in [2.75, 3.05) is 32.1 Å². The maximum Gasteiger partial charge on any atom is 0.256 e. The zero-order valence-electron chi connectivity index (χ0n) is 15.8. The van der Waals surface area contributed by atoms with Gasteiger partial charge >= 0.3 is 0 Å². The number of carbonyl (C=O) groups is 1. The number of methoxy groups -OCH3 is 1. The molecule has 2 aromatic carbocycles. The highest BCUT2D eigenvalue weighted by Crippen LogP contribution is 2.27. The second kappa shape index (κ2) is 8.88. The highest BCUT2D eigenvalue weighted by molar-refractivity contribution is 5.97. The van der Waals surface area contributed by atoms with Crippen LogP contribution in [0.15, 0.2) is 48.5 Å². The number of benzene rings is 2. The van der Waals surface area contributed by atoms with E-state index in [1.54, 1.807) is 7.11 Å². The number of piperidine rings is 1. The van der Waals surface area contributed by atoms with Crippen molar-refractivity contribution in [2.24, 2.45) is 0 Å². The Morgan fingerprint density at radius 1 is 1.00 bits per heavy atom. The Morgan fingerprint density at radius 3 is 2.11 bits per heavy atom. The van der Waals surface area contributed by atoms with Gasteiger partial charge in [0.2, 0.25) is 0 Å². The molecule has 1 aliphatic rings. The summed E-state index contributed by atoms with van der Waals surface area (Å²) in [5.41, 5.74) is -0.0445. The molecule has 27 heavy (non-hydrogen) atoms. The zero-order chi connectivity index (χ0) is 19.1. The molecule has 0 spiro atoms. The van der Waals surface area contributed by atoms with E-state index in [9.17, 15) is 4.79 Å². The number of anilines is 1. The molecule has 1 fully saturated rings. The minimum absolute atomic E-state index is 0.105. The summed E-state index contributed by atoms with van der Waals surface area (Å²) < 4.78 is 16.8. The molecule has 2 N–H and O–H groups in total. The summed E-state index contributed by atoms with van der Waals surface area (Å²) in [4.78, 5) is 12.7. The van der Waals surface area contributed by atoms with E-state index in [1.807, 2.05) is 55.5 Å². The Morgan fingerprint density at radius 2 is 1.56 bits per heavy atom. The van der Waals surface area contributed by atoms with Crippen molar-refractivity contribution < 1.29 is 19.0 Å². The van der Waals surface area contributed by atoms with Gasteiger partial charge in [0.05, 0.1) is 6.61 Å². The van der Waals surface area contributed by atoms with Crippen LogP contribution in [-0.2, 0) is 9.53 Å². The maximum atomic E-state index is 12.7. The van der Waals surface area contributed by atoms with E-state index in [2.05, 4.69) is 10.6 Å². The van der Waals surface area contributed by atoms with Gasteiger partial charge in [-0.2, -0.15) is 0 Å². The fourth-order valence-corrected chi connectivity index (χ4v) is 3.11. The monoisotopic (exact) mass is 370 g/mol. The van der Waals surface area contributed by atoms with Crippen LogP contribution in [0.4, 0.5) is 5.69 Å². The Kier molecular flexibility index (Phi) is 6.32. The lowest BCUT2D eigenvalue weighted by Gasteiger charge is -2.34. The lowest BCUT2D eigenvalue weighted by Crippen LogP contribution is -2.51. The lowest BCUT2D eigenvalue weighted by atomic mass is 9.91. The molecule has 2 aromatic rings. The normalized spacial score (nSPS) is 15.8. The molecule has 0 radical (unpaired) electrons. The second-order valence-corrected chi connectivity index (χ2v) is 6.43. The van der Waals surface area contributed by atoms with Crippen molar-refractivity contribution in [1.82, 2.24) is 5.32 Å². The largest absolute Gasteiger partial charge is 0.494 e. The van der Waals surface area contributed by atoms with E-state index < -0.39 is 5.60 Å². The smallest absolute Gasteiger partial charge is 0.256 e. The standard InChI is InChI=1S/C21H26N2O4/c1-3-26-17-8-10-19(11-9-17)27-18-6-4-16(5-7-18)23-20(24)21(25-2)12-14-22-15-13-21/h4-11,22H,3,12-15H2,1-2H3,(H,23,24). The Balaban J connectivity index is 1.60. The average molecular weight is 370 g/mol. The van der Waals surface area contributed by atoms with Gasteiger partial charge in [0.1, 0.15) is 22.8 Å². The summed E-state index contributed by atoms with van der Waals surface area (Å²) in [5, 5.41) is 6.20. The minimum Gasteiger partial charge on any atom is -0.494 e. The molecule has 6 heteroatoms. The van der Waals surface area contributed by atoms with E-state index in [-0.39, 0.29) is 5.91 Å². The van der Waals surface area contributed by atoms with Gasteiger partial charge in [-0.15, -0.1) is 0 Å². The number of hydrogen-bond acceptors (Lipinski definition) is 5. The number of nitrogens with one attached hydrogen (secondary N) is 2. The van der Waals surface area contributed by atoms with Gasteiger partial charge < -0.3 is 24.8 Å². The van der Waals surface area contributed by atoms with Gasteiger partial charge in [-0.1, -0.05) is 0 Å². The van der Waals surface area contributed by atoms with Gasteiger partial charge in [-0.05, 0) is 81.4 Å². The summed E-state index contributed by atoms with van der Waals surface area (Å²) in [6, 6.07) is 14.8. The molecule has 6 nitrogen and oxygen atoms in total. The van der Waals surface area contributed by atoms with Crippen molar-refractivity contribution in [3.63, 3.8) is 0 Å². The fraction of sp³-hybridized carbons (Fsp3) is 0.381. The second-order valence-electron chi connectivity index (χ2n) is 6.43. The SMILES string of the molecule is CCOc1ccc(Oc2ccc(NC(=O)C3(OC)CCNCC3)cc2)cc1. The van der Waals surface area contributed by atoms with Crippen LogP contribution < -0.4 is 20.1 Å². The van der Waals surface area contributed by atoms with Crippen LogP contribution in [0.25, 0.3) is 0 Å². The van der Waals surface area contributed by atoms with E-state index in [0.29, 0.717) is 30.9 Å². The average Bonchev–Trinajstić information content (AvgIpc) is 2.71. The van der Waals surface area contributed by atoms with Crippen molar-refractivity contribution in [1.29, 1.82) is 0 Å². The Bertz CT molecular complexity index is 738. The van der Waals surface area contributed by atoms with Crippen molar-refractivity contribution >= 4 is 11.6 Å². The van der Waals surface area contributed by atoms with Crippen LogP contribution in [0.3, 0.4) is 0 Å². The summed E-state index contributed by atoms with van der Waals surface area (Å²) in [6.07, 6.45) is 1.32. The first-order valence-corrected chi connectivity index (χ1v) is 9.23. The molecule has 3 rings (SSSR count). The number of hydrogen-bond donors (Lipinski definition) is 2. The van der Waals surface area contributed by atoms with Crippen molar-refractivity contribution in [2.45, 2.75) is 25.4 Å². The Labute approximate surface area is 159 Å². The molecule has 0 bridgehead atoms. The topological polar surface area (TPSA) is 68.8 Å². The zero-order valence-corrected chi connectivity index (χ0v) is 15.8. The first kappa shape index (κ1) is 19.2. The van der Waals surface area contributed by atoms with E-state index in [4.69, 9.17) is 14.2 Å². The van der Waals surface area contributed by atoms with E-state index in [0.717, 1.165) is 24.6 Å². The molecule has 0 aliphatic carbocycles. The number of ether oxygens (including phenoxy) is 3. The predicted molar refractivity (Wildman–Crippen MR) is 105 cm³/mol. The summed E-state index contributed by atoms with van der Waals surface area (Å²) in [7, 11) is 1.60. The highest BCUT2D eigenvalue weighted by Gasteiger charge is 2.39. The maximum absolute atomic E-state index is 12.7. The van der Waals surface area contributed by atoms with E-state index in [1.165, 1.54) is 0 Å². The number of rotatable bonds is 7. The molecule has 1 amide bonds. The molecule has 1 heterocycles. The minimum atomic E-state index is -0.761. The molecule has 1 aliphatic heterocycles. The first-order chi connectivity index (χ1) is 13.1. The van der Waals surface area contributed by atoms with Gasteiger partial charge in [-0.3, -0.25) is 4.79 Å². The first-order valence-electron chi connectivity index (χ1n) is 9.23.